The lowest BCUT2D eigenvalue weighted by Crippen LogP contribution is -2.31. The van der Waals surface area contributed by atoms with E-state index in [1.807, 2.05) is 18.8 Å². The van der Waals surface area contributed by atoms with Crippen molar-refractivity contribution >= 4 is 29.2 Å². The first-order valence-corrected chi connectivity index (χ1v) is 11.0. The number of unbranched alkanes of at least 4 members (excludes halogenated alkanes) is 1. The van der Waals surface area contributed by atoms with Crippen LogP contribution in [0.5, 0.6) is 0 Å². The van der Waals surface area contributed by atoms with Crippen molar-refractivity contribution in [3.05, 3.63) is 41.1 Å². The Balaban J connectivity index is 1.74. The minimum Gasteiger partial charge on any atom is -0.378 e. The molecule has 1 aromatic heterocycles. The number of aromatic nitrogens is 3. The fraction of sp³-hybridized carbons (Fsp3) is 0.476. The van der Waals surface area contributed by atoms with Crippen LogP contribution in [-0.4, -0.2) is 40.4 Å². The summed E-state index contributed by atoms with van der Waals surface area (Å²) in [5.41, 5.74) is 4.08. The molecule has 0 radical (unpaired) electrons. The molecule has 1 aromatic carbocycles. The number of fused-ring (bicyclic) bond motifs is 1. The lowest BCUT2D eigenvalue weighted by Gasteiger charge is -2.32. The quantitative estimate of drug-likeness (QED) is 0.580. The number of hydrogen-bond donors (Lipinski definition) is 1. The summed E-state index contributed by atoms with van der Waals surface area (Å²) in [6.07, 6.45) is 4.69. The largest absolute Gasteiger partial charge is 0.378 e. The Kier molecular flexibility index (Phi) is 5.44. The zero-order valence-electron chi connectivity index (χ0n) is 16.7. The second-order valence-corrected chi connectivity index (χ2v) is 8.61. The van der Waals surface area contributed by atoms with Crippen molar-refractivity contribution in [3.8, 4) is 0 Å². The molecule has 1 unspecified atom stereocenters. The first-order valence-electron chi connectivity index (χ1n) is 9.98. The number of hydrogen-bond acceptors (Lipinski definition) is 6. The molecule has 4 rings (SSSR count). The van der Waals surface area contributed by atoms with E-state index in [0.717, 1.165) is 65.1 Å². The molecule has 1 atom stereocenters. The molecule has 1 N–H and O–H groups in total. The van der Waals surface area contributed by atoms with Crippen LogP contribution in [0.3, 0.4) is 0 Å². The number of Topliss-reactive ketones (excluding diaryl/α,β-unsaturated/α-hetero) is 1. The van der Waals surface area contributed by atoms with Crippen molar-refractivity contribution in [2.45, 2.75) is 50.2 Å². The van der Waals surface area contributed by atoms with Gasteiger partial charge in [-0.1, -0.05) is 37.2 Å². The number of anilines is 2. The molecule has 0 spiro atoms. The molecule has 0 amide bonds. The topological polar surface area (TPSA) is 63.1 Å². The highest BCUT2D eigenvalue weighted by Crippen LogP contribution is 2.40. The molecular weight excluding hydrogens is 370 g/mol. The van der Waals surface area contributed by atoms with Crippen molar-refractivity contribution < 1.29 is 4.79 Å². The van der Waals surface area contributed by atoms with Crippen LogP contribution in [0.15, 0.2) is 40.7 Å². The summed E-state index contributed by atoms with van der Waals surface area (Å²) in [7, 11) is 4.06. The van der Waals surface area contributed by atoms with Crippen molar-refractivity contribution in [1.82, 2.24) is 14.8 Å². The molecule has 0 fully saturated rings. The molecule has 0 saturated carbocycles. The van der Waals surface area contributed by atoms with E-state index in [1.54, 1.807) is 11.8 Å². The normalized spacial score (nSPS) is 18.5. The van der Waals surface area contributed by atoms with Crippen LogP contribution in [0, 0.1) is 0 Å². The number of rotatable bonds is 6. The molecule has 2 aliphatic rings. The second kappa shape index (κ2) is 7.99. The Hall–Kier alpha value is -2.28. The monoisotopic (exact) mass is 397 g/mol. The van der Waals surface area contributed by atoms with Gasteiger partial charge in [-0.05, 0) is 37.0 Å². The summed E-state index contributed by atoms with van der Waals surface area (Å²) in [5, 5.41) is 8.94. The van der Waals surface area contributed by atoms with Crippen LogP contribution in [0.4, 0.5) is 11.6 Å². The summed E-state index contributed by atoms with van der Waals surface area (Å²) < 4.78 is 1.90. The number of nitrogens with zero attached hydrogens (tertiary/aromatic N) is 4. The van der Waals surface area contributed by atoms with Crippen LogP contribution in [0.2, 0.25) is 0 Å². The number of nitrogens with one attached hydrogen (secondary N) is 1. The first kappa shape index (κ1) is 19.1. The van der Waals surface area contributed by atoms with Crippen LogP contribution >= 0.6 is 11.8 Å². The van der Waals surface area contributed by atoms with E-state index in [0.29, 0.717) is 6.42 Å². The number of allylic oxidation sites excluding steroid dienone is 2. The summed E-state index contributed by atoms with van der Waals surface area (Å²) >= 11 is 1.68. The molecule has 1 aliphatic heterocycles. The molecular formula is C21H27N5OS. The molecule has 7 heteroatoms. The second-order valence-electron chi connectivity index (χ2n) is 7.55. The van der Waals surface area contributed by atoms with Gasteiger partial charge in [0, 0.05) is 43.2 Å². The lowest BCUT2D eigenvalue weighted by atomic mass is 9.85. The average Bonchev–Trinajstić information content (AvgIpc) is 3.09. The van der Waals surface area contributed by atoms with Gasteiger partial charge in [-0.2, -0.15) is 4.98 Å². The van der Waals surface area contributed by atoms with Crippen LogP contribution in [0.25, 0.3) is 0 Å². The standard InChI is InChI=1S/C21H27N5OS/c1-4-5-13-28-21-23-20-22-16-7-6-8-17(27)18(16)19(26(20)24-21)14-9-11-15(12-10-14)25(2)3/h9-12,19H,4-8,13H2,1-3H3,(H,22,23,24). The third kappa shape index (κ3) is 3.55. The lowest BCUT2D eigenvalue weighted by molar-refractivity contribution is -0.116. The van der Waals surface area contributed by atoms with Crippen molar-refractivity contribution in [2.24, 2.45) is 0 Å². The Morgan fingerprint density at radius 3 is 2.75 bits per heavy atom. The van der Waals surface area contributed by atoms with Gasteiger partial charge in [-0.15, -0.1) is 5.10 Å². The Morgan fingerprint density at radius 1 is 1.25 bits per heavy atom. The highest BCUT2D eigenvalue weighted by Gasteiger charge is 2.36. The molecule has 6 nitrogen and oxygen atoms in total. The molecule has 1 aliphatic carbocycles. The maximum Gasteiger partial charge on any atom is 0.227 e. The molecule has 148 valence electrons. The third-order valence-electron chi connectivity index (χ3n) is 5.30. The predicted molar refractivity (Wildman–Crippen MR) is 114 cm³/mol. The van der Waals surface area contributed by atoms with Crippen LogP contribution in [0.1, 0.15) is 50.6 Å². The number of ketones is 1. The minimum absolute atomic E-state index is 0.205. The third-order valence-corrected chi connectivity index (χ3v) is 6.23. The van der Waals surface area contributed by atoms with Crippen molar-refractivity contribution in [1.29, 1.82) is 0 Å². The highest BCUT2D eigenvalue weighted by molar-refractivity contribution is 7.99. The first-order chi connectivity index (χ1) is 13.6. The minimum atomic E-state index is -0.205. The smallest absolute Gasteiger partial charge is 0.227 e. The Labute approximate surface area is 170 Å². The Bertz CT molecular complexity index is 900. The molecule has 2 aromatic rings. The van der Waals surface area contributed by atoms with Gasteiger partial charge in [0.15, 0.2) is 5.78 Å². The fourth-order valence-corrected chi connectivity index (χ4v) is 4.68. The van der Waals surface area contributed by atoms with E-state index < -0.39 is 0 Å². The summed E-state index contributed by atoms with van der Waals surface area (Å²) in [4.78, 5) is 19.6. The van der Waals surface area contributed by atoms with Gasteiger partial charge < -0.3 is 10.2 Å². The van der Waals surface area contributed by atoms with Gasteiger partial charge in [-0.3, -0.25) is 4.79 Å². The number of thioether (sulfide) groups is 1. The fourth-order valence-electron chi connectivity index (χ4n) is 3.77. The van der Waals surface area contributed by atoms with Gasteiger partial charge in [0.1, 0.15) is 6.04 Å². The van der Waals surface area contributed by atoms with Crippen molar-refractivity contribution in [2.75, 3.05) is 30.1 Å². The molecule has 2 heterocycles. The summed E-state index contributed by atoms with van der Waals surface area (Å²) in [6, 6.07) is 8.19. The predicted octanol–water partition coefficient (Wildman–Crippen LogP) is 4.26. The zero-order chi connectivity index (χ0) is 19.7. The SMILES string of the molecule is CCCCSc1nc2n(n1)C(c1ccc(N(C)C)cc1)C1=C(CCCC1=O)N2. The van der Waals surface area contributed by atoms with E-state index in [4.69, 9.17) is 10.1 Å². The van der Waals surface area contributed by atoms with Crippen LogP contribution < -0.4 is 10.2 Å². The van der Waals surface area contributed by atoms with E-state index in [2.05, 4.69) is 41.4 Å². The highest BCUT2D eigenvalue weighted by atomic mass is 32.2. The van der Waals surface area contributed by atoms with E-state index >= 15 is 0 Å². The van der Waals surface area contributed by atoms with E-state index in [-0.39, 0.29) is 11.8 Å². The van der Waals surface area contributed by atoms with Gasteiger partial charge in [0.05, 0.1) is 0 Å². The molecule has 0 saturated heterocycles. The maximum absolute atomic E-state index is 12.8. The number of carbonyl (C=O) groups excluding carboxylic acids is 1. The van der Waals surface area contributed by atoms with E-state index in [9.17, 15) is 4.79 Å². The van der Waals surface area contributed by atoms with Gasteiger partial charge in [0.2, 0.25) is 11.1 Å². The Morgan fingerprint density at radius 2 is 2.04 bits per heavy atom. The van der Waals surface area contributed by atoms with Gasteiger partial charge in [0.25, 0.3) is 0 Å². The van der Waals surface area contributed by atoms with Gasteiger partial charge in [-0.25, -0.2) is 4.68 Å². The number of benzene rings is 1. The van der Waals surface area contributed by atoms with E-state index in [1.165, 1.54) is 0 Å². The number of carbonyl (C=O) groups is 1. The molecule has 28 heavy (non-hydrogen) atoms. The van der Waals surface area contributed by atoms with Crippen molar-refractivity contribution in [3.63, 3.8) is 0 Å². The average molecular weight is 398 g/mol. The van der Waals surface area contributed by atoms with Crippen LogP contribution in [-0.2, 0) is 4.79 Å². The zero-order valence-corrected chi connectivity index (χ0v) is 17.6. The maximum atomic E-state index is 12.8. The summed E-state index contributed by atoms with van der Waals surface area (Å²) in [6.45, 7) is 2.19. The molecule has 0 bridgehead atoms. The summed E-state index contributed by atoms with van der Waals surface area (Å²) in [5.74, 6) is 1.97. The van der Waals surface area contributed by atoms with Gasteiger partial charge >= 0.3 is 0 Å².